The van der Waals surface area contributed by atoms with Crippen molar-refractivity contribution in [3.63, 3.8) is 0 Å². The molecule has 0 unspecified atom stereocenters. The zero-order valence-corrected chi connectivity index (χ0v) is 17.9. The summed E-state index contributed by atoms with van der Waals surface area (Å²) in [6.07, 6.45) is 3.45. The van der Waals surface area contributed by atoms with Gasteiger partial charge in [-0.15, -0.1) is 0 Å². The van der Waals surface area contributed by atoms with Crippen molar-refractivity contribution < 1.29 is 4.79 Å². The van der Waals surface area contributed by atoms with Gasteiger partial charge in [0.1, 0.15) is 0 Å². The van der Waals surface area contributed by atoms with Crippen LogP contribution in [0.25, 0.3) is 0 Å². The number of amides is 2. The Bertz CT molecular complexity index is 836. The molecule has 6 nitrogen and oxygen atoms in total. The molecule has 156 valence electrons. The molecule has 4 rings (SSSR count). The lowest BCUT2D eigenvalue weighted by atomic mass is 9.77. The van der Waals surface area contributed by atoms with E-state index in [2.05, 4.69) is 59.5 Å². The second-order valence-corrected chi connectivity index (χ2v) is 9.07. The van der Waals surface area contributed by atoms with Gasteiger partial charge in [0.15, 0.2) is 5.82 Å². The fourth-order valence-corrected chi connectivity index (χ4v) is 4.80. The number of nitrogens with zero attached hydrogens (tertiary/aromatic N) is 4. The van der Waals surface area contributed by atoms with E-state index in [1.165, 1.54) is 18.4 Å². The molecule has 1 aromatic heterocycles. The zero-order valence-electron chi connectivity index (χ0n) is 17.9. The first-order valence-electron chi connectivity index (χ1n) is 10.8. The maximum atomic E-state index is 12.8. The number of hydrogen-bond acceptors (Lipinski definition) is 3. The van der Waals surface area contributed by atoms with Gasteiger partial charge in [0, 0.05) is 37.4 Å². The third kappa shape index (κ3) is 4.47. The number of likely N-dealkylation sites (tertiary alicyclic amines) is 2. The number of nitrogens with one attached hydrogen (secondary N) is 1. The normalized spacial score (nSPS) is 19.2. The van der Waals surface area contributed by atoms with Crippen LogP contribution in [0.2, 0.25) is 0 Å². The van der Waals surface area contributed by atoms with Crippen molar-refractivity contribution in [3.8, 4) is 0 Å². The molecule has 0 saturated carbocycles. The molecule has 0 radical (unpaired) electrons. The summed E-state index contributed by atoms with van der Waals surface area (Å²) in [6, 6.07) is 12.9. The second-order valence-electron chi connectivity index (χ2n) is 9.07. The third-order valence-corrected chi connectivity index (χ3v) is 6.54. The lowest BCUT2D eigenvalue weighted by molar-refractivity contribution is 0.106. The van der Waals surface area contributed by atoms with Gasteiger partial charge >= 0.3 is 6.03 Å². The maximum absolute atomic E-state index is 12.8. The number of urea groups is 1. The number of piperidine rings is 1. The zero-order chi connectivity index (χ0) is 20.4. The third-order valence-electron chi connectivity index (χ3n) is 6.54. The Morgan fingerprint density at radius 3 is 2.48 bits per heavy atom. The number of aromatic nitrogens is 2. The number of rotatable bonds is 4. The molecule has 3 heterocycles. The van der Waals surface area contributed by atoms with Crippen molar-refractivity contribution in [1.82, 2.24) is 19.6 Å². The molecule has 0 aliphatic carbocycles. The van der Waals surface area contributed by atoms with Crippen LogP contribution in [-0.4, -0.2) is 51.8 Å². The van der Waals surface area contributed by atoms with Crippen molar-refractivity contribution in [3.05, 3.63) is 47.7 Å². The van der Waals surface area contributed by atoms with E-state index in [1.54, 1.807) is 0 Å². The number of anilines is 1. The number of carbonyl (C=O) groups excluding carboxylic acids is 1. The van der Waals surface area contributed by atoms with Crippen molar-refractivity contribution >= 4 is 11.8 Å². The molecular formula is C23H33N5O. The molecule has 6 heteroatoms. The predicted octanol–water partition coefficient (Wildman–Crippen LogP) is 4.29. The Balaban J connectivity index is 1.30. The number of benzene rings is 1. The molecule has 29 heavy (non-hydrogen) atoms. The van der Waals surface area contributed by atoms with Crippen LogP contribution in [-0.2, 0) is 6.54 Å². The topological polar surface area (TPSA) is 53.4 Å². The van der Waals surface area contributed by atoms with E-state index in [1.807, 2.05) is 22.6 Å². The minimum atomic E-state index is -0.0120. The second kappa shape index (κ2) is 8.19. The van der Waals surface area contributed by atoms with E-state index in [-0.39, 0.29) is 17.5 Å². The quantitative estimate of drug-likeness (QED) is 0.840. The van der Waals surface area contributed by atoms with Gasteiger partial charge in [0.25, 0.3) is 0 Å². The predicted molar refractivity (Wildman–Crippen MR) is 116 cm³/mol. The van der Waals surface area contributed by atoms with Crippen LogP contribution in [0.1, 0.15) is 50.4 Å². The Morgan fingerprint density at radius 1 is 1.14 bits per heavy atom. The minimum absolute atomic E-state index is 0.0120. The average Bonchev–Trinajstić information content (AvgIpc) is 3.29. The van der Waals surface area contributed by atoms with Gasteiger partial charge in [-0.3, -0.25) is 14.9 Å². The Kier molecular flexibility index (Phi) is 5.63. The highest BCUT2D eigenvalue weighted by molar-refractivity contribution is 5.88. The molecule has 1 N–H and O–H groups in total. The van der Waals surface area contributed by atoms with Crippen molar-refractivity contribution in [2.75, 3.05) is 31.5 Å². The molecular weight excluding hydrogens is 362 g/mol. The molecule has 2 aromatic rings. The summed E-state index contributed by atoms with van der Waals surface area (Å²) in [5, 5.41) is 7.53. The molecule has 2 amide bonds. The van der Waals surface area contributed by atoms with Crippen LogP contribution in [0.15, 0.2) is 36.4 Å². The van der Waals surface area contributed by atoms with Gasteiger partial charge in [0.2, 0.25) is 0 Å². The summed E-state index contributed by atoms with van der Waals surface area (Å²) >= 11 is 0. The molecule has 2 aliphatic rings. The van der Waals surface area contributed by atoms with Crippen LogP contribution in [0.3, 0.4) is 0 Å². The van der Waals surface area contributed by atoms with Crippen LogP contribution < -0.4 is 5.32 Å². The summed E-state index contributed by atoms with van der Waals surface area (Å²) in [5.74, 6) is 0.653. The lowest BCUT2D eigenvalue weighted by Gasteiger charge is -2.39. The molecule has 2 aliphatic heterocycles. The van der Waals surface area contributed by atoms with Crippen LogP contribution in [0.4, 0.5) is 10.6 Å². The number of hydrogen-bond donors (Lipinski definition) is 1. The molecule has 2 fully saturated rings. The number of aryl methyl sites for hydroxylation is 1. The first kappa shape index (κ1) is 20.0. The monoisotopic (exact) mass is 395 g/mol. The maximum Gasteiger partial charge on any atom is 0.323 e. The van der Waals surface area contributed by atoms with Gasteiger partial charge in [-0.25, -0.2) is 4.79 Å². The van der Waals surface area contributed by atoms with Crippen LogP contribution in [0.5, 0.6) is 0 Å². The van der Waals surface area contributed by atoms with Gasteiger partial charge < -0.3 is 4.90 Å². The fourth-order valence-electron chi connectivity index (χ4n) is 4.80. The largest absolute Gasteiger partial charge is 0.324 e. The fraction of sp³-hybridized carbons (Fsp3) is 0.565. The van der Waals surface area contributed by atoms with Gasteiger partial charge in [-0.2, -0.15) is 5.10 Å². The number of carbonyl (C=O) groups is 1. The standard InChI is InChI=1S/C23H33N5O/c1-18(2)28-19(3)15-21(25-28)24-22(29)27-14-11-23(17-27)9-12-26(13-10-23)16-20-7-5-4-6-8-20/h4-8,15,18H,9-14,16-17H2,1-3H3,(H,24,25,29). The van der Waals surface area contributed by atoms with Gasteiger partial charge in [-0.1, -0.05) is 30.3 Å². The Labute approximate surface area is 173 Å². The van der Waals surface area contributed by atoms with Crippen molar-refractivity contribution in [2.45, 2.75) is 52.6 Å². The SMILES string of the molecule is Cc1cc(NC(=O)N2CCC3(CCN(Cc4ccccc4)CC3)C2)nn1C(C)C. The smallest absolute Gasteiger partial charge is 0.323 e. The van der Waals surface area contributed by atoms with E-state index >= 15 is 0 Å². The first-order valence-corrected chi connectivity index (χ1v) is 10.8. The van der Waals surface area contributed by atoms with E-state index in [0.717, 1.165) is 44.8 Å². The molecule has 1 aromatic carbocycles. The molecule has 2 saturated heterocycles. The van der Waals surface area contributed by atoms with Crippen LogP contribution in [0, 0.1) is 12.3 Å². The molecule has 1 spiro atoms. The Hall–Kier alpha value is -2.34. The van der Waals surface area contributed by atoms with E-state index in [0.29, 0.717) is 5.82 Å². The Morgan fingerprint density at radius 2 is 1.83 bits per heavy atom. The van der Waals surface area contributed by atoms with Crippen LogP contribution >= 0.6 is 0 Å². The highest BCUT2D eigenvalue weighted by Crippen LogP contribution is 2.40. The van der Waals surface area contributed by atoms with Crippen molar-refractivity contribution in [1.29, 1.82) is 0 Å². The van der Waals surface area contributed by atoms with Gasteiger partial charge in [-0.05, 0) is 64.1 Å². The van der Waals surface area contributed by atoms with E-state index in [4.69, 9.17) is 0 Å². The van der Waals surface area contributed by atoms with Crippen molar-refractivity contribution in [2.24, 2.45) is 5.41 Å². The summed E-state index contributed by atoms with van der Waals surface area (Å²) in [7, 11) is 0. The highest BCUT2D eigenvalue weighted by atomic mass is 16.2. The minimum Gasteiger partial charge on any atom is -0.324 e. The average molecular weight is 396 g/mol. The highest BCUT2D eigenvalue weighted by Gasteiger charge is 2.42. The van der Waals surface area contributed by atoms with E-state index < -0.39 is 0 Å². The summed E-state index contributed by atoms with van der Waals surface area (Å²) < 4.78 is 1.95. The summed E-state index contributed by atoms with van der Waals surface area (Å²) in [4.78, 5) is 17.3. The summed E-state index contributed by atoms with van der Waals surface area (Å²) in [5.41, 5.74) is 2.74. The molecule has 0 atom stereocenters. The summed E-state index contributed by atoms with van der Waals surface area (Å²) in [6.45, 7) is 11.2. The van der Waals surface area contributed by atoms with E-state index in [9.17, 15) is 4.79 Å². The molecule has 0 bridgehead atoms. The lowest BCUT2D eigenvalue weighted by Crippen LogP contribution is -2.42. The first-order chi connectivity index (χ1) is 13.9. The van der Waals surface area contributed by atoms with Gasteiger partial charge in [0.05, 0.1) is 0 Å².